The van der Waals surface area contributed by atoms with E-state index < -0.39 is 11.7 Å². The van der Waals surface area contributed by atoms with Crippen molar-refractivity contribution in [1.29, 1.82) is 0 Å². The third-order valence-corrected chi connectivity index (χ3v) is 6.59. The zero-order chi connectivity index (χ0) is 25.4. The zero-order valence-electron chi connectivity index (χ0n) is 19.6. The van der Waals surface area contributed by atoms with Crippen molar-refractivity contribution in [3.8, 4) is 5.69 Å². The van der Waals surface area contributed by atoms with Crippen molar-refractivity contribution in [3.63, 3.8) is 0 Å². The Hall–Kier alpha value is -3.85. The molecule has 0 radical (unpaired) electrons. The average molecular weight is 508 g/mol. The van der Waals surface area contributed by atoms with Gasteiger partial charge < -0.3 is 19.7 Å². The van der Waals surface area contributed by atoms with E-state index in [-0.39, 0.29) is 12.1 Å². The van der Waals surface area contributed by atoms with Crippen LogP contribution in [0.3, 0.4) is 0 Å². The molecule has 184 valence electrons. The molecule has 2 aromatic carbocycles. The number of thiocarbonyl (C=S) groups is 1. The third kappa shape index (κ3) is 4.42. The quantitative estimate of drug-likeness (QED) is 0.329. The van der Waals surface area contributed by atoms with Crippen molar-refractivity contribution < 1.29 is 13.2 Å². The van der Waals surface area contributed by atoms with Gasteiger partial charge in [0.2, 0.25) is 0 Å². The number of hydrogen-bond acceptors (Lipinski definition) is 3. The van der Waals surface area contributed by atoms with Gasteiger partial charge in [0.15, 0.2) is 5.11 Å². The number of nitrogens with zero attached hydrogens (tertiary/aromatic N) is 4. The molecule has 1 saturated heterocycles. The predicted molar refractivity (Wildman–Crippen MR) is 139 cm³/mol. The van der Waals surface area contributed by atoms with Crippen LogP contribution >= 0.6 is 12.2 Å². The van der Waals surface area contributed by atoms with Gasteiger partial charge in [0.05, 0.1) is 17.3 Å². The maximum absolute atomic E-state index is 13.5. The molecule has 1 fully saturated rings. The smallest absolute Gasteiger partial charge is 0.378 e. The number of hydrogen-bond donors (Lipinski definition) is 1. The van der Waals surface area contributed by atoms with E-state index in [1.54, 1.807) is 23.0 Å². The van der Waals surface area contributed by atoms with Crippen molar-refractivity contribution in [2.45, 2.75) is 18.3 Å². The van der Waals surface area contributed by atoms with Crippen LogP contribution in [0.2, 0.25) is 0 Å². The molecule has 1 N–H and O–H groups in total. The van der Waals surface area contributed by atoms with E-state index in [4.69, 9.17) is 12.2 Å². The Kier molecular flexibility index (Phi) is 6.17. The van der Waals surface area contributed by atoms with Gasteiger partial charge in [-0.05, 0) is 78.9 Å². The van der Waals surface area contributed by atoms with Crippen LogP contribution in [0.15, 0.2) is 91.3 Å². The topological polar surface area (TPSA) is 36.3 Å². The highest BCUT2D eigenvalue weighted by atomic mass is 32.1. The maximum Gasteiger partial charge on any atom is 0.416 e. The van der Waals surface area contributed by atoms with E-state index in [0.29, 0.717) is 10.8 Å². The first-order valence-corrected chi connectivity index (χ1v) is 11.8. The first-order chi connectivity index (χ1) is 17.2. The Labute approximate surface area is 212 Å². The summed E-state index contributed by atoms with van der Waals surface area (Å²) in [5, 5.41) is 3.92. The second-order valence-electron chi connectivity index (χ2n) is 8.76. The van der Waals surface area contributed by atoms with E-state index in [0.717, 1.165) is 34.9 Å². The average Bonchev–Trinajstić information content (AvgIpc) is 3.48. The summed E-state index contributed by atoms with van der Waals surface area (Å²) in [7, 11) is 3.94. The number of rotatable bonds is 5. The molecular weight excluding hydrogens is 483 g/mol. The van der Waals surface area contributed by atoms with E-state index in [9.17, 15) is 13.2 Å². The Balaban J connectivity index is 1.64. The first-order valence-electron chi connectivity index (χ1n) is 11.4. The summed E-state index contributed by atoms with van der Waals surface area (Å²) in [6, 6.07) is 22.1. The summed E-state index contributed by atoms with van der Waals surface area (Å²) in [6.45, 7) is 0. The lowest BCUT2D eigenvalue weighted by Crippen LogP contribution is -2.30. The van der Waals surface area contributed by atoms with Crippen LogP contribution in [0, 0.1) is 0 Å². The molecular formula is C27H24F3N5S. The molecule has 0 amide bonds. The number of anilines is 2. The molecule has 4 aromatic rings. The van der Waals surface area contributed by atoms with Crippen LogP contribution < -0.4 is 15.1 Å². The highest BCUT2D eigenvalue weighted by molar-refractivity contribution is 7.80. The van der Waals surface area contributed by atoms with Crippen LogP contribution in [-0.4, -0.2) is 28.8 Å². The van der Waals surface area contributed by atoms with Gasteiger partial charge in [0.25, 0.3) is 0 Å². The first kappa shape index (κ1) is 23.9. The van der Waals surface area contributed by atoms with Gasteiger partial charge in [-0.25, -0.2) is 0 Å². The minimum Gasteiger partial charge on any atom is -0.378 e. The number of pyridine rings is 1. The lowest BCUT2D eigenvalue weighted by molar-refractivity contribution is -0.137. The fraction of sp³-hybridized carbons (Fsp3) is 0.185. The normalized spacial score (nSPS) is 17.8. The Morgan fingerprint density at radius 2 is 1.69 bits per heavy atom. The Morgan fingerprint density at radius 1 is 0.917 bits per heavy atom. The molecule has 1 aliphatic heterocycles. The summed E-state index contributed by atoms with van der Waals surface area (Å²) in [5.74, 6) is 0. The SMILES string of the molecule is CN(C)c1ccc(N2C(=S)N[C@@H](c3ccccn3)[C@@H]2c2cccn2-c2cccc(C(F)(F)F)c2)cc1. The number of halogens is 3. The molecule has 0 unspecified atom stereocenters. The molecule has 2 aromatic heterocycles. The molecule has 0 spiro atoms. The van der Waals surface area contributed by atoms with Crippen molar-refractivity contribution in [3.05, 3.63) is 108 Å². The lowest BCUT2D eigenvalue weighted by atomic mass is 10.0. The highest BCUT2D eigenvalue weighted by Crippen LogP contribution is 2.42. The number of nitrogens with one attached hydrogen (secondary N) is 1. The monoisotopic (exact) mass is 507 g/mol. The highest BCUT2D eigenvalue weighted by Gasteiger charge is 2.42. The minimum absolute atomic E-state index is 0.313. The summed E-state index contributed by atoms with van der Waals surface area (Å²) in [5.41, 5.74) is 3.21. The van der Waals surface area contributed by atoms with Gasteiger partial charge in [-0.3, -0.25) is 4.98 Å². The number of benzene rings is 2. The van der Waals surface area contributed by atoms with Gasteiger partial charge in [-0.15, -0.1) is 0 Å². The molecule has 5 rings (SSSR count). The Morgan fingerprint density at radius 3 is 2.36 bits per heavy atom. The fourth-order valence-corrected chi connectivity index (χ4v) is 4.89. The lowest BCUT2D eigenvalue weighted by Gasteiger charge is -2.29. The van der Waals surface area contributed by atoms with Gasteiger partial charge in [-0.1, -0.05) is 12.1 Å². The van der Waals surface area contributed by atoms with Crippen LogP contribution in [0.5, 0.6) is 0 Å². The molecule has 3 heterocycles. The fourth-order valence-electron chi connectivity index (χ4n) is 4.55. The van der Waals surface area contributed by atoms with E-state index in [1.807, 2.05) is 78.5 Å². The second kappa shape index (κ2) is 9.31. The molecule has 0 aliphatic carbocycles. The van der Waals surface area contributed by atoms with Crippen molar-refractivity contribution in [2.24, 2.45) is 0 Å². The number of alkyl halides is 3. The van der Waals surface area contributed by atoms with Gasteiger partial charge >= 0.3 is 6.18 Å². The third-order valence-electron chi connectivity index (χ3n) is 6.28. The minimum atomic E-state index is -4.43. The van der Waals surface area contributed by atoms with Gasteiger partial charge in [-0.2, -0.15) is 13.2 Å². The summed E-state index contributed by atoms with van der Waals surface area (Å²) in [6.07, 6.45) is -0.941. The standard InChI is InChI=1S/C27H24F3N5S/c1-33(2)19-11-13-20(14-12-19)35-25(24(32-26(35)36)22-9-3-4-15-31-22)23-10-6-16-34(23)21-8-5-7-18(17-21)27(28,29)30/h3-17,24-25H,1-2H3,(H,32,36)/t24-,25-/m0/s1. The van der Waals surface area contributed by atoms with Gasteiger partial charge in [0, 0.05) is 49.2 Å². The molecule has 2 atom stereocenters. The summed E-state index contributed by atoms with van der Waals surface area (Å²) < 4.78 is 42.2. The number of aromatic nitrogens is 2. The summed E-state index contributed by atoms with van der Waals surface area (Å²) in [4.78, 5) is 8.57. The molecule has 9 heteroatoms. The second-order valence-corrected chi connectivity index (χ2v) is 9.15. The molecule has 0 saturated carbocycles. The van der Waals surface area contributed by atoms with E-state index in [1.165, 1.54) is 6.07 Å². The van der Waals surface area contributed by atoms with Gasteiger partial charge in [0.1, 0.15) is 6.04 Å². The van der Waals surface area contributed by atoms with Crippen LogP contribution in [0.25, 0.3) is 5.69 Å². The van der Waals surface area contributed by atoms with Crippen molar-refractivity contribution in [1.82, 2.24) is 14.9 Å². The Bertz CT molecular complexity index is 1370. The molecule has 1 aliphatic rings. The van der Waals surface area contributed by atoms with Crippen molar-refractivity contribution in [2.75, 3.05) is 23.9 Å². The predicted octanol–water partition coefficient (Wildman–Crippen LogP) is 6.13. The van der Waals surface area contributed by atoms with Crippen LogP contribution in [0.1, 0.15) is 29.0 Å². The maximum atomic E-state index is 13.5. The largest absolute Gasteiger partial charge is 0.416 e. The van der Waals surface area contributed by atoms with Crippen LogP contribution in [0.4, 0.5) is 24.5 Å². The molecule has 0 bridgehead atoms. The van der Waals surface area contributed by atoms with Crippen molar-refractivity contribution >= 4 is 28.7 Å². The molecule has 36 heavy (non-hydrogen) atoms. The zero-order valence-corrected chi connectivity index (χ0v) is 20.5. The van der Waals surface area contributed by atoms with E-state index in [2.05, 4.69) is 10.3 Å². The molecule has 5 nitrogen and oxygen atoms in total. The van der Waals surface area contributed by atoms with E-state index >= 15 is 0 Å². The van der Waals surface area contributed by atoms with Crippen LogP contribution in [-0.2, 0) is 6.18 Å². The summed E-state index contributed by atoms with van der Waals surface area (Å²) >= 11 is 5.78.